The van der Waals surface area contributed by atoms with Crippen LogP contribution in [-0.4, -0.2) is 10.9 Å². The molecule has 5 heteroatoms. The average Bonchev–Trinajstić information content (AvgIpc) is 2.48. The Morgan fingerprint density at radius 3 is 2.55 bits per heavy atom. The fourth-order valence-corrected chi connectivity index (χ4v) is 1.94. The van der Waals surface area contributed by atoms with Gasteiger partial charge in [-0.1, -0.05) is 12.1 Å². The van der Waals surface area contributed by atoms with E-state index in [4.69, 9.17) is 5.26 Å². The quantitative estimate of drug-likeness (QED) is 0.940. The van der Waals surface area contributed by atoms with Crippen LogP contribution in [0, 0.1) is 11.3 Å². The minimum Gasteiger partial charge on any atom is -0.344 e. The van der Waals surface area contributed by atoms with Crippen molar-refractivity contribution in [3.05, 3.63) is 63.9 Å². The van der Waals surface area contributed by atoms with E-state index in [1.165, 1.54) is 0 Å². The average molecular weight is 330 g/mol. The molecular formula is C15H12BrN3O. The summed E-state index contributed by atoms with van der Waals surface area (Å²) in [7, 11) is 0. The molecule has 1 unspecified atom stereocenters. The topological polar surface area (TPSA) is 65.8 Å². The number of hydrogen-bond donors (Lipinski definition) is 1. The number of pyridine rings is 1. The number of nitriles is 1. The summed E-state index contributed by atoms with van der Waals surface area (Å²) in [5, 5.41) is 11.6. The molecule has 0 bridgehead atoms. The van der Waals surface area contributed by atoms with Crippen molar-refractivity contribution in [3.8, 4) is 6.07 Å². The largest absolute Gasteiger partial charge is 0.344 e. The third-order valence-corrected chi connectivity index (χ3v) is 3.32. The number of halogens is 1. The monoisotopic (exact) mass is 329 g/mol. The van der Waals surface area contributed by atoms with Gasteiger partial charge in [0.1, 0.15) is 5.69 Å². The molecule has 0 spiro atoms. The SMILES string of the molecule is CC(NC(=O)c1ccc(Br)cn1)c1ccc(C#N)cc1. The van der Waals surface area contributed by atoms with Gasteiger partial charge in [-0.25, -0.2) is 4.98 Å². The van der Waals surface area contributed by atoms with E-state index in [-0.39, 0.29) is 11.9 Å². The number of carbonyl (C=O) groups excluding carboxylic acids is 1. The van der Waals surface area contributed by atoms with Crippen LogP contribution >= 0.6 is 15.9 Å². The number of carbonyl (C=O) groups is 1. The Morgan fingerprint density at radius 2 is 2.00 bits per heavy atom. The van der Waals surface area contributed by atoms with Gasteiger partial charge in [-0.05, 0) is 52.7 Å². The Labute approximate surface area is 125 Å². The lowest BCUT2D eigenvalue weighted by molar-refractivity contribution is 0.0935. The molecule has 1 N–H and O–H groups in total. The van der Waals surface area contributed by atoms with Gasteiger partial charge in [0.05, 0.1) is 17.7 Å². The van der Waals surface area contributed by atoms with E-state index in [2.05, 4.69) is 32.3 Å². The number of benzene rings is 1. The van der Waals surface area contributed by atoms with Crippen LogP contribution in [-0.2, 0) is 0 Å². The minimum absolute atomic E-state index is 0.152. The van der Waals surface area contributed by atoms with Crippen LogP contribution in [0.15, 0.2) is 47.1 Å². The van der Waals surface area contributed by atoms with Gasteiger partial charge in [-0.15, -0.1) is 0 Å². The van der Waals surface area contributed by atoms with Crippen LogP contribution in [0.3, 0.4) is 0 Å². The van der Waals surface area contributed by atoms with Gasteiger partial charge in [0, 0.05) is 10.7 Å². The lowest BCUT2D eigenvalue weighted by atomic mass is 10.1. The van der Waals surface area contributed by atoms with Crippen molar-refractivity contribution < 1.29 is 4.79 Å². The number of aromatic nitrogens is 1. The molecule has 0 fully saturated rings. The lowest BCUT2D eigenvalue weighted by Crippen LogP contribution is -2.27. The van der Waals surface area contributed by atoms with E-state index in [0.717, 1.165) is 10.0 Å². The molecule has 2 rings (SSSR count). The van der Waals surface area contributed by atoms with Crippen molar-refractivity contribution >= 4 is 21.8 Å². The lowest BCUT2D eigenvalue weighted by Gasteiger charge is -2.14. The summed E-state index contributed by atoms with van der Waals surface area (Å²) in [5.74, 6) is -0.227. The highest BCUT2D eigenvalue weighted by atomic mass is 79.9. The summed E-state index contributed by atoms with van der Waals surface area (Å²) in [6.45, 7) is 1.89. The van der Waals surface area contributed by atoms with Crippen molar-refractivity contribution in [3.63, 3.8) is 0 Å². The van der Waals surface area contributed by atoms with Crippen LogP contribution in [0.4, 0.5) is 0 Å². The summed E-state index contributed by atoms with van der Waals surface area (Å²) < 4.78 is 0.828. The van der Waals surface area contributed by atoms with Gasteiger partial charge in [-0.3, -0.25) is 4.79 Å². The third-order valence-electron chi connectivity index (χ3n) is 2.85. The molecule has 100 valence electrons. The maximum atomic E-state index is 12.0. The van der Waals surface area contributed by atoms with Gasteiger partial charge < -0.3 is 5.32 Å². The second-order valence-electron chi connectivity index (χ2n) is 4.29. The first kappa shape index (κ1) is 14.2. The van der Waals surface area contributed by atoms with Crippen molar-refractivity contribution in [1.29, 1.82) is 5.26 Å². The maximum absolute atomic E-state index is 12.0. The minimum atomic E-state index is -0.227. The predicted molar refractivity (Wildman–Crippen MR) is 79.0 cm³/mol. The number of rotatable bonds is 3. The first-order valence-electron chi connectivity index (χ1n) is 6.02. The fourth-order valence-electron chi connectivity index (χ4n) is 1.71. The normalized spacial score (nSPS) is 11.4. The van der Waals surface area contributed by atoms with Gasteiger partial charge >= 0.3 is 0 Å². The molecule has 0 radical (unpaired) electrons. The van der Waals surface area contributed by atoms with Gasteiger partial charge in [0.25, 0.3) is 5.91 Å². The van der Waals surface area contributed by atoms with Crippen LogP contribution < -0.4 is 5.32 Å². The third kappa shape index (κ3) is 3.43. The first-order valence-corrected chi connectivity index (χ1v) is 6.82. The molecule has 1 heterocycles. The number of nitrogens with zero attached hydrogens (tertiary/aromatic N) is 2. The zero-order valence-corrected chi connectivity index (χ0v) is 12.4. The Morgan fingerprint density at radius 1 is 1.30 bits per heavy atom. The molecule has 0 aliphatic rings. The van der Waals surface area contributed by atoms with E-state index in [1.54, 1.807) is 30.5 Å². The van der Waals surface area contributed by atoms with E-state index in [9.17, 15) is 4.79 Å². The van der Waals surface area contributed by atoms with Gasteiger partial charge in [0.2, 0.25) is 0 Å². The van der Waals surface area contributed by atoms with Crippen molar-refractivity contribution in [1.82, 2.24) is 10.3 Å². The molecule has 1 atom stereocenters. The molecule has 1 amide bonds. The molecule has 20 heavy (non-hydrogen) atoms. The van der Waals surface area contributed by atoms with Crippen molar-refractivity contribution in [2.75, 3.05) is 0 Å². The Balaban J connectivity index is 2.06. The second-order valence-corrected chi connectivity index (χ2v) is 5.21. The highest BCUT2D eigenvalue weighted by Gasteiger charge is 2.12. The molecule has 1 aromatic carbocycles. The molecule has 0 aliphatic carbocycles. The smallest absolute Gasteiger partial charge is 0.270 e. The van der Waals surface area contributed by atoms with E-state index in [1.807, 2.05) is 19.1 Å². The molecule has 1 aromatic heterocycles. The second kappa shape index (κ2) is 6.31. The molecule has 0 aliphatic heterocycles. The van der Waals surface area contributed by atoms with Crippen molar-refractivity contribution in [2.24, 2.45) is 0 Å². The van der Waals surface area contributed by atoms with Crippen LogP contribution in [0.5, 0.6) is 0 Å². The van der Waals surface area contributed by atoms with Gasteiger partial charge in [0.15, 0.2) is 0 Å². The van der Waals surface area contributed by atoms with Crippen LogP contribution in [0.2, 0.25) is 0 Å². The summed E-state index contributed by atoms with van der Waals surface area (Å²) in [6, 6.07) is 12.5. The molecule has 0 saturated heterocycles. The molecule has 0 saturated carbocycles. The highest BCUT2D eigenvalue weighted by Crippen LogP contribution is 2.14. The molecule has 4 nitrogen and oxygen atoms in total. The number of amides is 1. The van der Waals surface area contributed by atoms with E-state index >= 15 is 0 Å². The summed E-state index contributed by atoms with van der Waals surface area (Å²) in [4.78, 5) is 16.1. The van der Waals surface area contributed by atoms with Gasteiger partial charge in [-0.2, -0.15) is 5.26 Å². The Hall–Kier alpha value is -2.19. The number of nitrogens with one attached hydrogen (secondary N) is 1. The van der Waals surface area contributed by atoms with E-state index in [0.29, 0.717) is 11.3 Å². The number of hydrogen-bond acceptors (Lipinski definition) is 3. The van der Waals surface area contributed by atoms with E-state index < -0.39 is 0 Å². The zero-order valence-electron chi connectivity index (χ0n) is 10.8. The highest BCUT2D eigenvalue weighted by molar-refractivity contribution is 9.10. The predicted octanol–water partition coefficient (Wildman–Crippen LogP) is 3.21. The standard InChI is InChI=1S/C15H12BrN3O/c1-10(12-4-2-11(8-17)3-5-12)19-15(20)14-7-6-13(16)9-18-14/h2-7,9-10H,1H3,(H,19,20). The van der Waals surface area contributed by atoms with Crippen LogP contribution in [0.1, 0.15) is 34.6 Å². The fraction of sp³-hybridized carbons (Fsp3) is 0.133. The molecular weight excluding hydrogens is 318 g/mol. The zero-order chi connectivity index (χ0) is 14.5. The maximum Gasteiger partial charge on any atom is 0.270 e. The summed E-state index contributed by atoms with van der Waals surface area (Å²) in [5.41, 5.74) is 1.91. The van der Waals surface area contributed by atoms with Crippen LogP contribution in [0.25, 0.3) is 0 Å². The summed E-state index contributed by atoms with van der Waals surface area (Å²) in [6.07, 6.45) is 1.58. The Bertz CT molecular complexity index is 644. The molecule has 2 aromatic rings. The first-order chi connectivity index (χ1) is 9.60. The summed E-state index contributed by atoms with van der Waals surface area (Å²) >= 11 is 3.28. The Kier molecular flexibility index (Phi) is 4.49. The van der Waals surface area contributed by atoms with Crippen molar-refractivity contribution in [2.45, 2.75) is 13.0 Å².